The zero-order valence-corrected chi connectivity index (χ0v) is 15.4. The smallest absolute Gasteiger partial charge is 0.184 e. The highest BCUT2D eigenvalue weighted by Gasteiger charge is 2.31. The van der Waals surface area contributed by atoms with Crippen LogP contribution < -0.4 is 16.3 Å². The molecule has 144 valence electrons. The first kappa shape index (κ1) is 17.9. The van der Waals surface area contributed by atoms with Crippen LogP contribution in [-0.2, 0) is 0 Å². The topological polar surface area (TPSA) is 95.8 Å². The van der Waals surface area contributed by atoms with Crippen LogP contribution in [0.25, 0.3) is 11.1 Å². The fourth-order valence-corrected chi connectivity index (χ4v) is 3.15. The van der Waals surface area contributed by atoms with E-state index in [2.05, 4.69) is 20.8 Å². The summed E-state index contributed by atoms with van der Waals surface area (Å²) in [5, 5.41) is 11.0. The van der Waals surface area contributed by atoms with E-state index in [1.807, 2.05) is 6.92 Å². The monoisotopic (exact) mass is 385 g/mol. The van der Waals surface area contributed by atoms with Crippen molar-refractivity contribution in [3.63, 3.8) is 0 Å². The Balaban J connectivity index is 1.84. The first-order valence-corrected chi connectivity index (χ1v) is 8.38. The second kappa shape index (κ2) is 6.57. The van der Waals surface area contributed by atoms with Crippen LogP contribution in [-0.4, -0.2) is 28.1 Å². The van der Waals surface area contributed by atoms with Gasteiger partial charge in [-0.15, -0.1) is 10.2 Å². The number of rotatable bonds is 3. The lowest BCUT2D eigenvalue weighted by molar-refractivity contribution is 0.275. The van der Waals surface area contributed by atoms with Crippen molar-refractivity contribution in [1.82, 2.24) is 20.8 Å². The zero-order valence-electron chi connectivity index (χ0n) is 15.4. The van der Waals surface area contributed by atoms with Crippen molar-refractivity contribution in [2.75, 3.05) is 17.8 Å². The molecule has 0 spiro atoms. The highest BCUT2D eigenvalue weighted by molar-refractivity contribution is 6.13. The average Bonchev–Trinajstić information content (AvgIpc) is 3.20. The third kappa shape index (κ3) is 2.74. The quantitative estimate of drug-likeness (QED) is 0.716. The Labute approximate surface area is 159 Å². The molecule has 0 fully saturated rings. The molecule has 8 nitrogen and oxygen atoms in total. The highest BCUT2D eigenvalue weighted by atomic mass is 19.2. The van der Waals surface area contributed by atoms with Crippen molar-refractivity contribution in [2.24, 2.45) is 5.10 Å². The standard InChI is InChI=1S/C18H17F2N7O/c1-9-15(10(2)28-24-9)11-7-12(17(21)22-8-11)18-23-25-26(3)27(18)14-6-4-5-13(19)16(14)20/h4-8,25H,1-3H3,(H2,21,22). The number of hydrazine groups is 2. The zero-order chi connectivity index (χ0) is 20.0. The third-order valence-electron chi connectivity index (χ3n) is 4.44. The molecule has 0 radical (unpaired) electrons. The van der Waals surface area contributed by atoms with Crippen molar-refractivity contribution in [1.29, 1.82) is 0 Å². The molecule has 3 aromatic rings. The van der Waals surface area contributed by atoms with E-state index in [0.29, 0.717) is 17.0 Å². The number of nitrogen functional groups attached to an aromatic ring is 1. The molecule has 0 aliphatic carbocycles. The van der Waals surface area contributed by atoms with E-state index in [0.717, 1.165) is 17.2 Å². The molecule has 0 saturated heterocycles. The second-order valence-electron chi connectivity index (χ2n) is 6.30. The van der Waals surface area contributed by atoms with Gasteiger partial charge in [-0.3, -0.25) is 0 Å². The number of pyridine rings is 1. The normalized spacial score (nSPS) is 14.3. The van der Waals surface area contributed by atoms with E-state index in [-0.39, 0.29) is 17.3 Å². The predicted molar refractivity (Wildman–Crippen MR) is 99.9 cm³/mol. The number of amidine groups is 1. The van der Waals surface area contributed by atoms with Crippen molar-refractivity contribution < 1.29 is 13.3 Å². The first-order chi connectivity index (χ1) is 13.4. The van der Waals surface area contributed by atoms with Crippen molar-refractivity contribution in [3.05, 3.63) is 59.1 Å². The van der Waals surface area contributed by atoms with E-state index in [4.69, 9.17) is 10.3 Å². The molecular formula is C18H17F2N7O. The summed E-state index contributed by atoms with van der Waals surface area (Å²) in [5.41, 5.74) is 11.4. The molecule has 28 heavy (non-hydrogen) atoms. The molecule has 0 unspecified atom stereocenters. The summed E-state index contributed by atoms with van der Waals surface area (Å²) in [6, 6.07) is 5.67. The lowest BCUT2D eigenvalue weighted by atomic mass is 10.0. The number of hydrazone groups is 1. The third-order valence-corrected chi connectivity index (χ3v) is 4.44. The minimum atomic E-state index is -1.00. The Morgan fingerprint density at radius 2 is 2.00 bits per heavy atom. The van der Waals surface area contributed by atoms with E-state index in [1.54, 1.807) is 26.2 Å². The van der Waals surface area contributed by atoms with Gasteiger partial charge in [-0.25, -0.2) is 24.3 Å². The van der Waals surface area contributed by atoms with Gasteiger partial charge in [0.1, 0.15) is 17.3 Å². The Morgan fingerprint density at radius 3 is 2.71 bits per heavy atom. The molecule has 1 aliphatic rings. The number of anilines is 2. The number of halogens is 2. The first-order valence-electron chi connectivity index (χ1n) is 8.38. The summed E-state index contributed by atoms with van der Waals surface area (Å²) in [5.74, 6) is -0.877. The van der Waals surface area contributed by atoms with Crippen LogP contribution >= 0.6 is 0 Å². The molecule has 1 aliphatic heterocycles. The molecule has 1 aromatic carbocycles. The van der Waals surface area contributed by atoms with E-state index in [9.17, 15) is 8.78 Å². The molecule has 0 saturated carbocycles. The van der Waals surface area contributed by atoms with Crippen LogP contribution in [0.4, 0.5) is 20.3 Å². The summed E-state index contributed by atoms with van der Waals surface area (Å²) >= 11 is 0. The molecule has 4 rings (SSSR count). The number of nitrogens with two attached hydrogens (primary N) is 1. The average molecular weight is 385 g/mol. The van der Waals surface area contributed by atoms with Gasteiger partial charge in [-0.2, -0.15) is 0 Å². The minimum absolute atomic E-state index is 0.0200. The van der Waals surface area contributed by atoms with Gasteiger partial charge in [0.2, 0.25) is 0 Å². The van der Waals surface area contributed by atoms with Crippen molar-refractivity contribution >= 4 is 17.3 Å². The molecule has 2 aromatic heterocycles. The fourth-order valence-electron chi connectivity index (χ4n) is 3.15. The van der Waals surface area contributed by atoms with Gasteiger partial charge in [0.15, 0.2) is 17.5 Å². The number of nitrogens with zero attached hydrogens (tertiary/aromatic N) is 5. The summed E-state index contributed by atoms with van der Waals surface area (Å²) in [6.45, 7) is 3.61. The molecule has 10 heteroatoms. The lowest BCUT2D eigenvalue weighted by Gasteiger charge is -2.26. The number of nitrogens with one attached hydrogen (secondary N) is 1. The number of hydrogen-bond acceptors (Lipinski definition) is 8. The Morgan fingerprint density at radius 1 is 1.21 bits per heavy atom. The SMILES string of the molecule is Cc1noc(C)c1-c1cnc(N)c(C2=NNN(C)N2c2cccc(F)c2F)c1. The molecule has 3 heterocycles. The summed E-state index contributed by atoms with van der Waals surface area (Å²) < 4.78 is 33.4. The number of aromatic nitrogens is 2. The van der Waals surface area contributed by atoms with E-state index in [1.165, 1.54) is 22.3 Å². The number of hydrogen-bond donors (Lipinski definition) is 2. The molecule has 0 bridgehead atoms. The minimum Gasteiger partial charge on any atom is -0.383 e. The van der Waals surface area contributed by atoms with Gasteiger partial charge < -0.3 is 10.3 Å². The van der Waals surface area contributed by atoms with Crippen molar-refractivity contribution in [2.45, 2.75) is 13.8 Å². The Kier molecular flexibility index (Phi) is 4.19. The van der Waals surface area contributed by atoms with Gasteiger partial charge in [0.05, 0.1) is 11.3 Å². The molecule has 3 N–H and O–H groups in total. The number of benzene rings is 1. The maximum absolute atomic E-state index is 14.4. The maximum atomic E-state index is 14.4. The number of aryl methyl sites for hydroxylation is 2. The van der Waals surface area contributed by atoms with Gasteiger partial charge in [-0.05, 0) is 32.0 Å². The van der Waals surface area contributed by atoms with Gasteiger partial charge >= 0.3 is 0 Å². The molecule has 0 atom stereocenters. The van der Waals surface area contributed by atoms with Crippen LogP contribution in [0.1, 0.15) is 17.0 Å². The van der Waals surface area contributed by atoms with Crippen LogP contribution in [0.15, 0.2) is 40.1 Å². The van der Waals surface area contributed by atoms with Gasteiger partial charge in [-0.1, -0.05) is 11.2 Å². The molecule has 0 amide bonds. The van der Waals surface area contributed by atoms with Crippen LogP contribution in [0, 0.1) is 25.5 Å². The Hall–Kier alpha value is -3.53. The van der Waals surface area contributed by atoms with Gasteiger partial charge in [0, 0.05) is 24.4 Å². The highest BCUT2D eigenvalue weighted by Crippen LogP contribution is 2.31. The van der Waals surface area contributed by atoms with Crippen LogP contribution in [0.5, 0.6) is 0 Å². The second-order valence-corrected chi connectivity index (χ2v) is 6.30. The maximum Gasteiger partial charge on any atom is 0.184 e. The van der Waals surface area contributed by atoms with E-state index >= 15 is 0 Å². The largest absolute Gasteiger partial charge is 0.383 e. The summed E-state index contributed by atoms with van der Waals surface area (Å²) in [6.07, 6.45) is 1.60. The lowest BCUT2D eigenvalue weighted by Crippen LogP contribution is -2.44. The Bertz CT molecular complexity index is 1080. The van der Waals surface area contributed by atoms with Crippen LogP contribution in [0.2, 0.25) is 0 Å². The van der Waals surface area contributed by atoms with E-state index < -0.39 is 11.6 Å². The summed E-state index contributed by atoms with van der Waals surface area (Å²) in [7, 11) is 1.61. The predicted octanol–water partition coefficient (Wildman–Crippen LogP) is 2.75. The fraction of sp³-hybridized carbons (Fsp3) is 0.167. The van der Waals surface area contributed by atoms with Crippen LogP contribution in [0.3, 0.4) is 0 Å². The summed E-state index contributed by atoms with van der Waals surface area (Å²) in [4.78, 5) is 4.24. The van der Waals surface area contributed by atoms with Gasteiger partial charge in [0.25, 0.3) is 0 Å². The van der Waals surface area contributed by atoms with Crippen molar-refractivity contribution in [3.8, 4) is 11.1 Å². The molecular weight excluding hydrogens is 368 g/mol.